The van der Waals surface area contributed by atoms with E-state index in [4.69, 9.17) is 9.47 Å². The zero-order chi connectivity index (χ0) is 19.3. The van der Waals surface area contributed by atoms with Crippen LogP contribution in [0.5, 0.6) is 0 Å². The molecule has 1 aromatic rings. The summed E-state index contributed by atoms with van der Waals surface area (Å²) >= 11 is 0. The quantitative estimate of drug-likeness (QED) is 0.611. The van der Waals surface area contributed by atoms with E-state index in [0.29, 0.717) is 17.9 Å². The highest BCUT2D eigenvalue weighted by Crippen LogP contribution is 2.37. The summed E-state index contributed by atoms with van der Waals surface area (Å²) in [6.07, 6.45) is 4.85. The number of carbonyl (C=O) groups is 3. The molecule has 2 N–H and O–H groups in total. The molecule has 1 aromatic carbocycles. The second-order valence-electron chi connectivity index (χ2n) is 6.76. The van der Waals surface area contributed by atoms with Crippen LogP contribution in [-0.4, -0.2) is 49.9 Å². The highest BCUT2D eigenvalue weighted by Gasteiger charge is 2.42. The highest BCUT2D eigenvalue weighted by atomic mass is 16.7. The van der Waals surface area contributed by atoms with Gasteiger partial charge in [-0.1, -0.05) is 6.42 Å². The van der Waals surface area contributed by atoms with Gasteiger partial charge in [0.1, 0.15) is 6.10 Å². The number of ether oxygens (including phenoxy) is 3. The maximum absolute atomic E-state index is 12.0. The molecule has 0 radical (unpaired) electrons. The summed E-state index contributed by atoms with van der Waals surface area (Å²) in [4.78, 5) is 35.4. The molecule has 8 nitrogen and oxygen atoms in total. The van der Waals surface area contributed by atoms with Gasteiger partial charge >= 0.3 is 17.8 Å². The van der Waals surface area contributed by atoms with Crippen LogP contribution in [-0.2, 0) is 23.8 Å². The Morgan fingerprint density at radius 1 is 1.11 bits per heavy atom. The lowest BCUT2D eigenvalue weighted by molar-refractivity contribution is -0.186. The fourth-order valence-corrected chi connectivity index (χ4v) is 3.35. The van der Waals surface area contributed by atoms with Crippen LogP contribution in [0.4, 0.5) is 5.69 Å². The van der Waals surface area contributed by atoms with Crippen LogP contribution >= 0.6 is 0 Å². The van der Waals surface area contributed by atoms with Gasteiger partial charge in [-0.3, -0.25) is 9.59 Å². The average molecular weight is 376 g/mol. The largest absolute Gasteiger partial charge is 0.465 e. The first-order chi connectivity index (χ1) is 13.0. The molecule has 0 bridgehead atoms. The minimum absolute atomic E-state index is 0.218. The number of anilines is 1. The van der Waals surface area contributed by atoms with Gasteiger partial charge in [0.05, 0.1) is 19.3 Å². The van der Waals surface area contributed by atoms with Crippen LogP contribution in [0.2, 0.25) is 0 Å². The van der Waals surface area contributed by atoms with Crippen molar-refractivity contribution in [2.45, 2.75) is 44.0 Å². The van der Waals surface area contributed by atoms with E-state index in [9.17, 15) is 14.4 Å². The summed E-state index contributed by atoms with van der Waals surface area (Å²) in [6, 6.07) is 6.07. The molecular formula is C19H24N2O6. The molecule has 1 spiro atoms. The Kier molecular flexibility index (Phi) is 6.08. The van der Waals surface area contributed by atoms with E-state index < -0.39 is 23.6 Å². The van der Waals surface area contributed by atoms with Crippen LogP contribution in [0.1, 0.15) is 42.5 Å². The van der Waals surface area contributed by atoms with Gasteiger partial charge in [-0.05, 0) is 37.1 Å². The topological polar surface area (TPSA) is 103 Å². The smallest absolute Gasteiger partial charge is 0.337 e. The van der Waals surface area contributed by atoms with Gasteiger partial charge in [0.15, 0.2) is 5.79 Å². The lowest BCUT2D eigenvalue weighted by atomic mass is 9.94. The highest BCUT2D eigenvalue weighted by molar-refractivity contribution is 6.39. The Morgan fingerprint density at radius 2 is 1.81 bits per heavy atom. The van der Waals surface area contributed by atoms with Gasteiger partial charge in [-0.2, -0.15) is 0 Å². The van der Waals surface area contributed by atoms with Crippen molar-refractivity contribution in [3.63, 3.8) is 0 Å². The van der Waals surface area contributed by atoms with E-state index in [1.165, 1.54) is 37.8 Å². The fraction of sp³-hybridized carbons (Fsp3) is 0.526. The standard InChI is InChI=1S/C19H24N2O6/c1-25-18(24)13-5-7-14(8-6-13)21-17(23)16(22)20-11-15-12-26-19(27-15)9-3-2-4-10-19/h5-8,15H,2-4,9-12H2,1H3,(H,20,22)(H,21,23)/t15-/m0/s1. The maximum atomic E-state index is 12.0. The molecule has 1 atom stereocenters. The second kappa shape index (κ2) is 8.49. The fourth-order valence-electron chi connectivity index (χ4n) is 3.35. The molecule has 8 heteroatoms. The number of nitrogens with one attached hydrogen (secondary N) is 2. The van der Waals surface area contributed by atoms with Crippen LogP contribution < -0.4 is 10.6 Å². The van der Waals surface area contributed by atoms with Crippen molar-refractivity contribution in [1.29, 1.82) is 0 Å². The summed E-state index contributed by atoms with van der Waals surface area (Å²) in [7, 11) is 1.29. The predicted molar refractivity (Wildman–Crippen MR) is 96.1 cm³/mol. The third-order valence-corrected chi connectivity index (χ3v) is 4.79. The minimum Gasteiger partial charge on any atom is -0.465 e. The van der Waals surface area contributed by atoms with Crippen molar-refractivity contribution in [2.75, 3.05) is 25.6 Å². The Morgan fingerprint density at radius 3 is 2.48 bits per heavy atom. The van der Waals surface area contributed by atoms with Crippen molar-refractivity contribution >= 4 is 23.5 Å². The van der Waals surface area contributed by atoms with Crippen molar-refractivity contribution in [2.24, 2.45) is 0 Å². The Labute approximate surface area is 157 Å². The van der Waals surface area contributed by atoms with Gasteiger partial charge in [0.2, 0.25) is 0 Å². The molecule has 2 amide bonds. The number of rotatable bonds is 4. The first kappa shape index (κ1) is 19.3. The molecule has 1 heterocycles. The van der Waals surface area contributed by atoms with E-state index >= 15 is 0 Å². The number of hydrogen-bond acceptors (Lipinski definition) is 6. The summed E-state index contributed by atoms with van der Waals surface area (Å²) in [5, 5.41) is 5.06. The molecular weight excluding hydrogens is 352 g/mol. The lowest BCUT2D eigenvalue weighted by Crippen LogP contribution is -2.41. The number of amides is 2. The summed E-state index contributed by atoms with van der Waals surface area (Å²) in [5.41, 5.74) is 0.763. The summed E-state index contributed by atoms with van der Waals surface area (Å²) < 4.78 is 16.4. The van der Waals surface area contributed by atoms with Gasteiger partial charge in [0.25, 0.3) is 0 Å². The van der Waals surface area contributed by atoms with Gasteiger partial charge in [-0.25, -0.2) is 4.79 Å². The SMILES string of the molecule is COC(=O)c1ccc(NC(=O)C(=O)NC[C@H]2COC3(CCCCC3)O2)cc1. The lowest BCUT2D eigenvalue weighted by Gasteiger charge is -2.31. The molecule has 1 aliphatic carbocycles. The number of benzene rings is 1. The van der Waals surface area contributed by atoms with Crippen molar-refractivity contribution in [3.8, 4) is 0 Å². The van der Waals surface area contributed by atoms with Crippen molar-refractivity contribution in [1.82, 2.24) is 5.32 Å². The van der Waals surface area contributed by atoms with Crippen LogP contribution in [0.25, 0.3) is 0 Å². The molecule has 27 heavy (non-hydrogen) atoms. The van der Waals surface area contributed by atoms with E-state index in [-0.39, 0.29) is 12.6 Å². The summed E-state index contributed by atoms with van der Waals surface area (Å²) in [5.74, 6) is -2.51. The van der Waals surface area contributed by atoms with Crippen molar-refractivity contribution in [3.05, 3.63) is 29.8 Å². The molecule has 2 aliphatic rings. The zero-order valence-corrected chi connectivity index (χ0v) is 15.3. The molecule has 146 valence electrons. The third-order valence-electron chi connectivity index (χ3n) is 4.79. The zero-order valence-electron chi connectivity index (χ0n) is 15.3. The molecule has 2 fully saturated rings. The first-order valence-electron chi connectivity index (χ1n) is 9.11. The molecule has 0 aromatic heterocycles. The number of methoxy groups -OCH3 is 1. The van der Waals surface area contributed by atoms with Crippen molar-refractivity contribution < 1.29 is 28.6 Å². The van der Waals surface area contributed by atoms with Gasteiger partial charge < -0.3 is 24.8 Å². The molecule has 1 saturated heterocycles. The number of hydrogen-bond donors (Lipinski definition) is 2. The Hall–Kier alpha value is -2.45. The number of carbonyl (C=O) groups excluding carboxylic acids is 3. The van der Waals surface area contributed by atoms with Crippen LogP contribution in [0.15, 0.2) is 24.3 Å². The average Bonchev–Trinajstić information content (AvgIpc) is 3.08. The molecule has 1 saturated carbocycles. The van der Waals surface area contributed by atoms with Gasteiger partial charge in [0, 0.05) is 25.1 Å². The first-order valence-corrected chi connectivity index (χ1v) is 9.11. The van der Waals surface area contributed by atoms with E-state index in [2.05, 4.69) is 15.4 Å². The minimum atomic E-state index is -0.785. The Bertz CT molecular complexity index is 697. The van der Waals surface area contributed by atoms with Crippen LogP contribution in [0, 0.1) is 0 Å². The van der Waals surface area contributed by atoms with E-state index in [1.807, 2.05) is 0 Å². The third kappa shape index (κ3) is 4.84. The molecule has 0 unspecified atom stereocenters. The summed E-state index contributed by atoms with van der Waals surface area (Å²) in [6.45, 7) is 0.631. The normalized spacial score (nSPS) is 20.9. The monoisotopic (exact) mass is 376 g/mol. The predicted octanol–water partition coefficient (Wildman–Crippen LogP) is 1.60. The van der Waals surface area contributed by atoms with E-state index in [0.717, 1.165) is 25.7 Å². The van der Waals surface area contributed by atoms with Gasteiger partial charge in [-0.15, -0.1) is 0 Å². The van der Waals surface area contributed by atoms with Crippen LogP contribution in [0.3, 0.4) is 0 Å². The second-order valence-corrected chi connectivity index (χ2v) is 6.76. The molecule has 3 rings (SSSR count). The number of esters is 1. The maximum Gasteiger partial charge on any atom is 0.337 e. The van der Waals surface area contributed by atoms with E-state index in [1.54, 1.807) is 0 Å². The molecule has 1 aliphatic heterocycles. The Balaban J connectivity index is 1.44.